The van der Waals surface area contributed by atoms with E-state index in [-0.39, 0.29) is 27.0 Å². The molecule has 0 amide bonds. The number of anilines is 2. The summed E-state index contributed by atoms with van der Waals surface area (Å²) < 4.78 is 59.6. The van der Waals surface area contributed by atoms with E-state index in [1.807, 2.05) is 35.2 Å². The van der Waals surface area contributed by atoms with Crippen LogP contribution in [-0.2, 0) is 21.4 Å². The number of carbonyl (C=O) groups is 2. The van der Waals surface area contributed by atoms with Crippen LogP contribution in [0.2, 0.25) is 5.02 Å². The molecule has 3 N–H and O–H groups in total. The summed E-state index contributed by atoms with van der Waals surface area (Å²) in [5, 5.41) is 17.0. The van der Waals surface area contributed by atoms with Gasteiger partial charge in [-0.1, -0.05) is 67.4 Å². The fraction of sp³-hybridized carbons (Fsp3) is 0.240. The van der Waals surface area contributed by atoms with Crippen LogP contribution in [0.3, 0.4) is 0 Å². The second-order valence-electron chi connectivity index (χ2n) is 8.00. The topological polar surface area (TPSA) is 137 Å². The molecular weight excluding hydrogens is 563 g/mol. The highest BCUT2D eigenvalue weighted by molar-refractivity contribution is 7.92. The summed E-state index contributed by atoms with van der Waals surface area (Å²) >= 11 is 6.01. The summed E-state index contributed by atoms with van der Waals surface area (Å²) in [5.74, 6) is -3.66. The summed E-state index contributed by atoms with van der Waals surface area (Å²) in [6.45, 7) is 3.15. The smallest absolute Gasteiger partial charge is 0.478 e. The van der Waals surface area contributed by atoms with Gasteiger partial charge in [0.25, 0.3) is 10.0 Å². The molecule has 2 aromatic carbocycles. The summed E-state index contributed by atoms with van der Waals surface area (Å²) in [6.07, 6.45) is -1.97. The van der Waals surface area contributed by atoms with Gasteiger partial charge in [0.05, 0.1) is 16.9 Å². The van der Waals surface area contributed by atoms with Crippen molar-refractivity contribution in [3.05, 3.63) is 83.0 Å². The normalized spacial score (nSPS) is 11.2. The first-order valence-corrected chi connectivity index (χ1v) is 13.2. The van der Waals surface area contributed by atoms with E-state index in [1.165, 1.54) is 24.4 Å². The van der Waals surface area contributed by atoms with Crippen LogP contribution >= 0.6 is 11.6 Å². The van der Waals surface area contributed by atoms with Crippen molar-refractivity contribution >= 4 is 45.1 Å². The van der Waals surface area contributed by atoms with Crippen LogP contribution in [0.4, 0.5) is 24.7 Å². The number of carboxylic acid groups (broad SMARTS) is 2. The number of hydrogen-bond acceptors (Lipinski definition) is 6. The van der Waals surface area contributed by atoms with E-state index in [1.54, 1.807) is 12.1 Å². The highest BCUT2D eigenvalue weighted by atomic mass is 35.5. The summed E-state index contributed by atoms with van der Waals surface area (Å²) in [4.78, 5) is 27.1. The van der Waals surface area contributed by atoms with Crippen LogP contribution in [0.15, 0.2) is 71.8 Å². The summed E-state index contributed by atoms with van der Waals surface area (Å²) in [7, 11) is -4.01. The molecule has 210 valence electrons. The van der Waals surface area contributed by atoms with E-state index in [4.69, 9.17) is 21.5 Å². The van der Waals surface area contributed by atoms with Gasteiger partial charge < -0.3 is 15.1 Å². The molecule has 0 saturated heterocycles. The monoisotopic (exact) mass is 587 g/mol. The molecule has 39 heavy (non-hydrogen) atoms. The third-order valence-corrected chi connectivity index (χ3v) is 6.90. The fourth-order valence-electron chi connectivity index (χ4n) is 3.21. The molecule has 1 aromatic heterocycles. The van der Waals surface area contributed by atoms with Crippen molar-refractivity contribution in [3.63, 3.8) is 0 Å². The largest absolute Gasteiger partial charge is 0.490 e. The molecule has 0 saturated carbocycles. The number of alkyl halides is 3. The lowest BCUT2D eigenvalue weighted by atomic mass is 10.1. The van der Waals surface area contributed by atoms with Crippen molar-refractivity contribution in [2.75, 3.05) is 16.2 Å². The second kappa shape index (κ2) is 13.8. The van der Waals surface area contributed by atoms with Crippen molar-refractivity contribution in [1.29, 1.82) is 0 Å². The molecule has 0 aliphatic rings. The maximum absolute atomic E-state index is 12.7. The Bertz CT molecular complexity index is 1390. The van der Waals surface area contributed by atoms with Crippen LogP contribution in [-0.4, -0.2) is 48.3 Å². The van der Waals surface area contributed by atoms with Gasteiger partial charge in [0, 0.05) is 13.1 Å². The Labute approximate surface area is 227 Å². The van der Waals surface area contributed by atoms with Crippen molar-refractivity contribution in [1.82, 2.24) is 4.98 Å². The van der Waals surface area contributed by atoms with Crippen molar-refractivity contribution in [2.45, 2.75) is 37.4 Å². The maximum atomic E-state index is 12.7. The summed E-state index contributed by atoms with van der Waals surface area (Å²) in [6, 6.07) is 17.0. The number of carboxylic acids is 2. The van der Waals surface area contributed by atoms with E-state index >= 15 is 0 Å². The molecular formula is C25H25ClF3N3O6S. The molecule has 9 nitrogen and oxygen atoms in total. The van der Waals surface area contributed by atoms with Gasteiger partial charge in [-0.05, 0) is 30.2 Å². The number of hydrogen-bond donors (Lipinski definition) is 3. The molecule has 0 spiro atoms. The highest BCUT2D eigenvalue weighted by Gasteiger charge is 2.38. The van der Waals surface area contributed by atoms with Gasteiger partial charge in [-0.3, -0.25) is 4.72 Å². The Morgan fingerprint density at radius 2 is 1.64 bits per heavy atom. The first-order chi connectivity index (χ1) is 18.3. The Hall–Kier alpha value is -3.84. The number of unbranched alkanes of at least 4 members (excludes halogenated alkanes) is 1. The lowest BCUT2D eigenvalue weighted by Crippen LogP contribution is -2.27. The van der Waals surface area contributed by atoms with Crippen LogP contribution in [0.5, 0.6) is 0 Å². The number of nitrogens with one attached hydrogen (secondary N) is 1. The van der Waals surface area contributed by atoms with Gasteiger partial charge in [-0.15, -0.1) is 0 Å². The third kappa shape index (κ3) is 9.45. The predicted octanol–water partition coefficient (Wildman–Crippen LogP) is 5.67. The van der Waals surface area contributed by atoms with Gasteiger partial charge in [0.15, 0.2) is 0 Å². The second-order valence-corrected chi connectivity index (χ2v) is 10.1. The molecule has 0 bridgehead atoms. The van der Waals surface area contributed by atoms with Crippen molar-refractivity contribution < 1.29 is 41.4 Å². The number of sulfonamides is 1. The van der Waals surface area contributed by atoms with E-state index in [2.05, 4.69) is 16.6 Å². The van der Waals surface area contributed by atoms with Crippen LogP contribution in [0.1, 0.15) is 35.7 Å². The number of nitrogens with zero attached hydrogens (tertiary/aromatic N) is 2. The number of aliphatic carboxylic acids is 1. The maximum Gasteiger partial charge on any atom is 0.490 e. The Kier molecular flexibility index (Phi) is 11.1. The Balaban J connectivity index is 0.000000673. The number of pyridine rings is 1. The SMILES string of the molecule is CCCCN(Cc1ccccc1)c1ncc(NS(=O)(=O)c2ccccc2Cl)cc1C(=O)O.O=C(O)C(F)(F)F. The number of halogens is 4. The zero-order chi connectivity index (χ0) is 29.2. The zero-order valence-electron chi connectivity index (χ0n) is 20.5. The molecule has 0 aliphatic carbocycles. The van der Waals surface area contributed by atoms with E-state index in [0.29, 0.717) is 13.1 Å². The van der Waals surface area contributed by atoms with Gasteiger partial charge in [0.2, 0.25) is 0 Å². The Morgan fingerprint density at radius 1 is 1.05 bits per heavy atom. The number of aromatic carboxylic acids is 1. The number of aromatic nitrogens is 1. The zero-order valence-corrected chi connectivity index (χ0v) is 22.1. The first-order valence-electron chi connectivity index (χ1n) is 11.4. The van der Waals surface area contributed by atoms with Crippen LogP contribution < -0.4 is 9.62 Å². The molecule has 3 aromatic rings. The van der Waals surface area contributed by atoms with Crippen molar-refractivity contribution in [2.24, 2.45) is 0 Å². The predicted molar refractivity (Wildman–Crippen MR) is 140 cm³/mol. The Morgan fingerprint density at radius 3 is 2.18 bits per heavy atom. The van der Waals surface area contributed by atoms with Crippen LogP contribution in [0, 0.1) is 0 Å². The molecule has 0 fully saturated rings. The molecule has 0 unspecified atom stereocenters. The lowest BCUT2D eigenvalue weighted by molar-refractivity contribution is -0.192. The van der Waals surface area contributed by atoms with E-state index in [0.717, 1.165) is 18.4 Å². The minimum atomic E-state index is -5.08. The van der Waals surface area contributed by atoms with Gasteiger partial charge >= 0.3 is 18.1 Å². The minimum absolute atomic E-state index is 0.0428. The quantitative estimate of drug-likeness (QED) is 0.276. The van der Waals surface area contributed by atoms with Gasteiger partial charge in [0.1, 0.15) is 16.3 Å². The first kappa shape index (κ1) is 31.4. The minimum Gasteiger partial charge on any atom is -0.478 e. The van der Waals surface area contributed by atoms with Crippen LogP contribution in [0.25, 0.3) is 0 Å². The standard InChI is InChI=1S/C23H24ClN3O4S.C2HF3O2/c1-2-3-13-27(16-17-9-5-4-6-10-17)22-19(23(28)29)14-18(15-25-22)26-32(30,31)21-12-8-7-11-20(21)24;3-2(4,5)1(6)7/h4-12,14-15,26H,2-3,13,16H2,1H3,(H,28,29);(H,6,7). The highest BCUT2D eigenvalue weighted by Crippen LogP contribution is 2.27. The van der Waals surface area contributed by atoms with E-state index in [9.17, 15) is 31.5 Å². The number of rotatable bonds is 10. The third-order valence-electron chi connectivity index (χ3n) is 5.02. The van der Waals surface area contributed by atoms with Gasteiger partial charge in [-0.2, -0.15) is 13.2 Å². The number of benzene rings is 2. The lowest BCUT2D eigenvalue weighted by Gasteiger charge is -2.25. The molecule has 0 radical (unpaired) electrons. The average molecular weight is 588 g/mol. The molecule has 14 heteroatoms. The van der Waals surface area contributed by atoms with Gasteiger partial charge in [-0.25, -0.2) is 23.0 Å². The molecule has 1 heterocycles. The molecule has 3 rings (SSSR count). The van der Waals surface area contributed by atoms with Crippen molar-refractivity contribution in [3.8, 4) is 0 Å². The fourth-order valence-corrected chi connectivity index (χ4v) is 4.76. The van der Waals surface area contributed by atoms with E-state index < -0.39 is 28.1 Å². The summed E-state index contributed by atoms with van der Waals surface area (Å²) in [5.41, 5.74) is 0.975. The molecule has 0 aliphatic heterocycles. The molecule has 0 atom stereocenters. The average Bonchev–Trinajstić information content (AvgIpc) is 2.87.